The Bertz CT molecular complexity index is 421. The monoisotopic (exact) mass is 266 g/mol. The number of ether oxygens (including phenoxy) is 1. The van der Waals surface area contributed by atoms with Crippen LogP contribution in [0.5, 0.6) is 5.88 Å². The molecule has 0 aliphatic heterocycles. The summed E-state index contributed by atoms with van der Waals surface area (Å²) in [7, 11) is 0. The third kappa shape index (κ3) is 3.47. The van der Waals surface area contributed by atoms with Gasteiger partial charge in [-0.2, -0.15) is 4.98 Å². The zero-order chi connectivity index (χ0) is 13.7. The van der Waals surface area contributed by atoms with Crippen LogP contribution in [0, 0.1) is 5.41 Å². The van der Waals surface area contributed by atoms with Gasteiger partial charge in [0.05, 0.1) is 6.61 Å². The fourth-order valence-corrected chi connectivity index (χ4v) is 2.03. The molecule has 1 aliphatic carbocycles. The second kappa shape index (κ2) is 6.06. The molecule has 1 aromatic rings. The summed E-state index contributed by atoms with van der Waals surface area (Å²) in [5.41, 5.74) is 6.66. The van der Waals surface area contributed by atoms with Crippen LogP contribution in [0.3, 0.4) is 0 Å². The van der Waals surface area contributed by atoms with Gasteiger partial charge >= 0.3 is 0 Å². The quantitative estimate of drug-likeness (QED) is 0.659. The van der Waals surface area contributed by atoms with E-state index in [1.165, 1.54) is 6.33 Å². The van der Waals surface area contributed by atoms with Gasteiger partial charge in [0.1, 0.15) is 12.0 Å². The summed E-state index contributed by atoms with van der Waals surface area (Å²) >= 11 is 0. The summed E-state index contributed by atoms with van der Waals surface area (Å²) in [6.45, 7) is 3.63. The van der Waals surface area contributed by atoms with Crippen LogP contribution in [0.2, 0.25) is 0 Å². The van der Waals surface area contributed by atoms with Gasteiger partial charge in [-0.1, -0.05) is 6.92 Å². The molecule has 1 aliphatic rings. The zero-order valence-electron chi connectivity index (χ0n) is 11.4. The molecule has 1 aromatic heterocycles. The first-order valence-corrected chi connectivity index (χ1v) is 6.79. The lowest BCUT2D eigenvalue weighted by molar-refractivity contribution is 0.253. The molecule has 0 saturated heterocycles. The molecule has 0 atom stereocenters. The van der Waals surface area contributed by atoms with Crippen molar-refractivity contribution < 1.29 is 9.84 Å². The SMILES string of the molecule is CCCOc1ncnc(NCC2(CCO)CC2)c1N. The number of hydrogen-bond acceptors (Lipinski definition) is 6. The first-order valence-electron chi connectivity index (χ1n) is 6.79. The van der Waals surface area contributed by atoms with E-state index < -0.39 is 0 Å². The number of aliphatic hydroxyl groups excluding tert-OH is 1. The number of aromatic nitrogens is 2. The van der Waals surface area contributed by atoms with Crippen LogP contribution in [0.25, 0.3) is 0 Å². The largest absolute Gasteiger partial charge is 0.476 e. The number of nitrogens with two attached hydrogens (primary N) is 1. The van der Waals surface area contributed by atoms with Gasteiger partial charge in [0.2, 0.25) is 5.88 Å². The Hall–Kier alpha value is -1.56. The summed E-state index contributed by atoms with van der Waals surface area (Å²) in [6.07, 6.45) is 5.47. The van der Waals surface area contributed by atoms with Gasteiger partial charge in [-0.15, -0.1) is 0 Å². The molecular weight excluding hydrogens is 244 g/mol. The van der Waals surface area contributed by atoms with Crippen LogP contribution in [-0.4, -0.2) is 34.8 Å². The Morgan fingerprint density at radius 2 is 2.26 bits per heavy atom. The van der Waals surface area contributed by atoms with Gasteiger partial charge in [-0.05, 0) is 31.1 Å². The van der Waals surface area contributed by atoms with Gasteiger partial charge in [0.15, 0.2) is 5.82 Å². The Labute approximate surface area is 113 Å². The molecule has 2 rings (SSSR count). The van der Waals surface area contributed by atoms with E-state index in [-0.39, 0.29) is 12.0 Å². The molecular formula is C13H22N4O2. The van der Waals surface area contributed by atoms with Gasteiger partial charge in [0.25, 0.3) is 0 Å². The lowest BCUT2D eigenvalue weighted by Crippen LogP contribution is -2.18. The second-order valence-corrected chi connectivity index (χ2v) is 5.12. The number of hydrogen-bond donors (Lipinski definition) is 3. The van der Waals surface area contributed by atoms with Crippen LogP contribution < -0.4 is 15.8 Å². The number of nitrogen functional groups attached to an aromatic ring is 1. The van der Waals surface area contributed by atoms with Crippen LogP contribution in [-0.2, 0) is 0 Å². The second-order valence-electron chi connectivity index (χ2n) is 5.12. The molecule has 4 N–H and O–H groups in total. The van der Waals surface area contributed by atoms with Crippen molar-refractivity contribution in [3.63, 3.8) is 0 Å². The highest BCUT2D eigenvalue weighted by Crippen LogP contribution is 2.48. The van der Waals surface area contributed by atoms with Crippen LogP contribution >= 0.6 is 0 Å². The summed E-state index contributed by atoms with van der Waals surface area (Å²) in [4.78, 5) is 8.18. The van der Waals surface area contributed by atoms with E-state index >= 15 is 0 Å². The van der Waals surface area contributed by atoms with E-state index in [0.717, 1.165) is 32.2 Å². The molecule has 0 aromatic carbocycles. The van der Waals surface area contributed by atoms with Crippen molar-refractivity contribution in [2.75, 3.05) is 30.8 Å². The smallest absolute Gasteiger partial charge is 0.242 e. The van der Waals surface area contributed by atoms with Gasteiger partial charge in [-0.3, -0.25) is 0 Å². The maximum Gasteiger partial charge on any atom is 0.242 e. The van der Waals surface area contributed by atoms with Gasteiger partial charge in [0, 0.05) is 13.2 Å². The molecule has 106 valence electrons. The van der Waals surface area contributed by atoms with E-state index in [0.29, 0.717) is 24.0 Å². The van der Waals surface area contributed by atoms with Crippen molar-refractivity contribution in [3.8, 4) is 5.88 Å². The van der Waals surface area contributed by atoms with Crippen molar-refractivity contribution >= 4 is 11.5 Å². The lowest BCUT2D eigenvalue weighted by atomic mass is 10.0. The van der Waals surface area contributed by atoms with Gasteiger partial charge in [-0.25, -0.2) is 4.98 Å². The highest BCUT2D eigenvalue weighted by molar-refractivity contribution is 5.66. The first-order chi connectivity index (χ1) is 9.21. The predicted molar refractivity (Wildman–Crippen MR) is 74.1 cm³/mol. The first kappa shape index (κ1) is 13.9. The van der Waals surface area contributed by atoms with Crippen molar-refractivity contribution in [3.05, 3.63) is 6.33 Å². The average Bonchev–Trinajstić information content (AvgIpc) is 3.17. The molecule has 0 unspecified atom stereocenters. The van der Waals surface area contributed by atoms with E-state index in [2.05, 4.69) is 15.3 Å². The summed E-state index contributed by atoms with van der Waals surface area (Å²) in [5.74, 6) is 1.05. The number of anilines is 2. The van der Waals surface area contributed by atoms with E-state index in [4.69, 9.17) is 15.6 Å². The maximum atomic E-state index is 9.04. The normalized spacial score (nSPS) is 16.1. The molecule has 0 amide bonds. The van der Waals surface area contributed by atoms with Crippen molar-refractivity contribution in [1.29, 1.82) is 0 Å². The number of nitrogens with zero attached hydrogens (tertiary/aromatic N) is 2. The molecule has 1 fully saturated rings. The molecule has 0 radical (unpaired) electrons. The molecule has 6 heteroatoms. The highest BCUT2D eigenvalue weighted by Gasteiger charge is 2.41. The summed E-state index contributed by atoms with van der Waals surface area (Å²) in [6, 6.07) is 0. The lowest BCUT2D eigenvalue weighted by Gasteiger charge is -2.16. The Kier molecular flexibility index (Phi) is 4.42. The number of aliphatic hydroxyl groups is 1. The third-order valence-corrected chi connectivity index (χ3v) is 3.52. The van der Waals surface area contributed by atoms with E-state index in [9.17, 15) is 0 Å². The minimum Gasteiger partial charge on any atom is -0.476 e. The van der Waals surface area contributed by atoms with Crippen LogP contribution in [0.4, 0.5) is 11.5 Å². The predicted octanol–water partition coefficient (Wildman–Crippen LogP) is 1.42. The number of nitrogens with one attached hydrogen (secondary N) is 1. The third-order valence-electron chi connectivity index (χ3n) is 3.52. The minimum atomic E-state index is 0.219. The Morgan fingerprint density at radius 1 is 1.47 bits per heavy atom. The van der Waals surface area contributed by atoms with Gasteiger partial charge < -0.3 is 20.9 Å². The topological polar surface area (TPSA) is 93.3 Å². The zero-order valence-corrected chi connectivity index (χ0v) is 11.4. The Morgan fingerprint density at radius 3 is 2.89 bits per heavy atom. The molecule has 1 heterocycles. The molecule has 1 saturated carbocycles. The average molecular weight is 266 g/mol. The van der Waals surface area contributed by atoms with Crippen molar-refractivity contribution in [2.24, 2.45) is 5.41 Å². The highest BCUT2D eigenvalue weighted by atomic mass is 16.5. The molecule has 0 spiro atoms. The van der Waals surface area contributed by atoms with Crippen molar-refractivity contribution in [2.45, 2.75) is 32.6 Å². The molecule has 19 heavy (non-hydrogen) atoms. The fraction of sp³-hybridized carbons (Fsp3) is 0.692. The van der Waals surface area contributed by atoms with E-state index in [1.807, 2.05) is 6.92 Å². The maximum absolute atomic E-state index is 9.04. The molecule has 6 nitrogen and oxygen atoms in total. The molecule has 0 bridgehead atoms. The minimum absolute atomic E-state index is 0.219. The van der Waals surface area contributed by atoms with Crippen LogP contribution in [0.1, 0.15) is 32.6 Å². The fourth-order valence-electron chi connectivity index (χ4n) is 2.03. The van der Waals surface area contributed by atoms with Crippen LogP contribution in [0.15, 0.2) is 6.33 Å². The summed E-state index contributed by atoms with van der Waals surface area (Å²) in [5, 5.41) is 12.3. The standard InChI is InChI=1S/C13H22N4O2/c1-2-7-19-12-10(14)11(16-9-17-12)15-8-13(3-4-13)5-6-18/h9,18H,2-8,14H2,1H3,(H,15,16,17). The van der Waals surface area contributed by atoms with Crippen molar-refractivity contribution in [1.82, 2.24) is 9.97 Å². The summed E-state index contributed by atoms with van der Waals surface area (Å²) < 4.78 is 5.47. The number of rotatable bonds is 8. The van der Waals surface area contributed by atoms with E-state index in [1.54, 1.807) is 0 Å². The Balaban J connectivity index is 1.96.